The summed E-state index contributed by atoms with van der Waals surface area (Å²) in [6.07, 6.45) is 1.82. The van der Waals surface area contributed by atoms with E-state index in [1.165, 1.54) is 6.07 Å². The van der Waals surface area contributed by atoms with Crippen LogP contribution in [0.4, 0.5) is 0 Å². The first-order chi connectivity index (χ1) is 9.35. The predicted octanol–water partition coefficient (Wildman–Crippen LogP) is 2.49. The van der Waals surface area contributed by atoms with Crippen LogP contribution in [0.15, 0.2) is 21.6 Å². The van der Waals surface area contributed by atoms with E-state index in [9.17, 15) is 8.42 Å². The molecule has 1 aromatic heterocycles. The zero-order valence-electron chi connectivity index (χ0n) is 12.8. The Labute approximate surface area is 122 Å². The van der Waals surface area contributed by atoms with Crippen LogP contribution in [0, 0.1) is 5.92 Å². The second kappa shape index (κ2) is 7.81. The molecule has 1 rings (SSSR count). The van der Waals surface area contributed by atoms with Crippen LogP contribution >= 0.6 is 0 Å². The molecule has 6 heteroatoms. The molecule has 20 heavy (non-hydrogen) atoms. The molecule has 0 aromatic carbocycles. The minimum absolute atomic E-state index is 0.0126. The second-order valence-electron chi connectivity index (χ2n) is 5.55. The molecule has 5 nitrogen and oxygen atoms in total. The lowest BCUT2D eigenvalue weighted by molar-refractivity contribution is 0.395. The molecule has 0 saturated heterocycles. The first kappa shape index (κ1) is 17.2. The smallest absolute Gasteiger partial charge is 0.274 e. The van der Waals surface area contributed by atoms with Crippen LogP contribution in [0.25, 0.3) is 0 Å². The molecule has 116 valence electrons. The van der Waals surface area contributed by atoms with Gasteiger partial charge in [-0.05, 0) is 44.4 Å². The third-order valence-electron chi connectivity index (χ3n) is 2.81. The van der Waals surface area contributed by atoms with Gasteiger partial charge in [0.1, 0.15) is 5.76 Å². The van der Waals surface area contributed by atoms with Crippen molar-refractivity contribution < 1.29 is 12.8 Å². The molecule has 0 aliphatic carbocycles. The Morgan fingerprint density at radius 3 is 2.55 bits per heavy atom. The highest BCUT2D eigenvalue weighted by molar-refractivity contribution is 7.89. The number of furan rings is 1. The number of hydrogen-bond donors (Lipinski definition) is 2. The largest absolute Gasteiger partial charge is 0.447 e. The van der Waals surface area contributed by atoms with Crippen molar-refractivity contribution in [2.24, 2.45) is 5.92 Å². The summed E-state index contributed by atoms with van der Waals surface area (Å²) in [6, 6.07) is 3.10. The minimum Gasteiger partial charge on any atom is -0.447 e. The zero-order valence-corrected chi connectivity index (χ0v) is 13.6. The van der Waals surface area contributed by atoms with Gasteiger partial charge in [-0.2, -0.15) is 0 Å². The molecule has 0 fully saturated rings. The van der Waals surface area contributed by atoms with Crippen molar-refractivity contribution in [1.82, 2.24) is 10.0 Å². The quantitative estimate of drug-likeness (QED) is 0.688. The van der Waals surface area contributed by atoms with E-state index in [4.69, 9.17) is 4.42 Å². The van der Waals surface area contributed by atoms with Gasteiger partial charge in [0.25, 0.3) is 10.0 Å². The highest BCUT2D eigenvalue weighted by atomic mass is 32.2. The lowest BCUT2D eigenvalue weighted by Crippen LogP contribution is -2.33. The Kier molecular flexibility index (Phi) is 6.71. The fraction of sp³-hybridized carbons (Fsp3) is 0.714. The van der Waals surface area contributed by atoms with E-state index in [-0.39, 0.29) is 11.1 Å². The standard InChI is InChI=1S/C14H26N2O3S/c1-5-8-15-10-13-6-7-14(19-13)20(17,18)16-12(4)9-11(2)3/h6-7,11-12,15-16H,5,8-10H2,1-4H3. The maximum absolute atomic E-state index is 12.1. The molecule has 0 spiro atoms. The third-order valence-corrected chi connectivity index (χ3v) is 4.27. The maximum Gasteiger partial charge on any atom is 0.274 e. The lowest BCUT2D eigenvalue weighted by atomic mass is 10.1. The molecule has 2 N–H and O–H groups in total. The van der Waals surface area contributed by atoms with Crippen LogP contribution in [0.2, 0.25) is 0 Å². The van der Waals surface area contributed by atoms with Crippen LogP contribution < -0.4 is 10.0 Å². The summed E-state index contributed by atoms with van der Waals surface area (Å²) in [5, 5.41) is 3.16. The van der Waals surface area contributed by atoms with E-state index in [2.05, 4.69) is 30.8 Å². The van der Waals surface area contributed by atoms with E-state index in [1.807, 2.05) is 6.92 Å². The average Bonchev–Trinajstić information content (AvgIpc) is 2.76. The van der Waals surface area contributed by atoms with Crippen molar-refractivity contribution in [2.75, 3.05) is 6.54 Å². The van der Waals surface area contributed by atoms with E-state index < -0.39 is 10.0 Å². The molecule has 1 atom stereocenters. The highest BCUT2D eigenvalue weighted by Crippen LogP contribution is 2.15. The molecular formula is C14H26N2O3S. The van der Waals surface area contributed by atoms with Gasteiger partial charge >= 0.3 is 0 Å². The molecule has 0 amide bonds. The number of hydrogen-bond acceptors (Lipinski definition) is 4. The van der Waals surface area contributed by atoms with E-state index >= 15 is 0 Å². The van der Waals surface area contributed by atoms with Gasteiger partial charge in [0.15, 0.2) is 0 Å². The van der Waals surface area contributed by atoms with Crippen molar-refractivity contribution in [1.29, 1.82) is 0 Å². The van der Waals surface area contributed by atoms with Gasteiger partial charge in [-0.1, -0.05) is 20.8 Å². The number of rotatable bonds is 9. The van der Waals surface area contributed by atoms with Crippen LogP contribution in [-0.2, 0) is 16.6 Å². The minimum atomic E-state index is -3.56. The molecular weight excluding hydrogens is 276 g/mol. The Balaban J connectivity index is 2.63. The topological polar surface area (TPSA) is 71.3 Å². The molecule has 1 unspecified atom stereocenters. The third kappa shape index (κ3) is 5.64. The highest BCUT2D eigenvalue weighted by Gasteiger charge is 2.21. The van der Waals surface area contributed by atoms with Crippen molar-refractivity contribution >= 4 is 10.0 Å². The number of sulfonamides is 1. The van der Waals surface area contributed by atoms with Crippen LogP contribution in [0.5, 0.6) is 0 Å². The SMILES string of the molecule is CCCNCc1ccc(S(=O)(=O)NC(C)CC(C)C)o1. The summed E-state index contributed by atoms with van der Waals surface area (Å²) >= 11 is 0. The van der Waals surface area contributed by atoms with Gasteiger partial charge in [-0.25, -0.2) is 13.1 Å². The summed E-state index contributed by atoms with van der Waals surface area (Å²) in [5.74, 6) is 1.08. The lowest BCUT2D eigenvalue weighted by Gasteiger charge is -2.14. The summed E-state index contributed by atoms with van der Waals surface area (Å²) in [6.45, 7) is 9.50. The fourth-order valence-electron chi connectivity index (χ4n) is 2.06. The van der Waals surface area contributed by atoms with Gasteiger partial charge < -0.3 is 9.73 Å². The van der Waals surface area contributed by atoms with Crippen molar-refractivity contribution in [3.05, 3.63) is 17.9 Å². The summed E-state index contributed by atoms with van der Waals surface area (Å²) < 4.78 is 32.3. The fourth-order valence-corrected chi connectivity index (χ4v) is 3.27. The van der Waals surface area contributed by atoms with Crippen molar-refractivity contribution in [3.8, 4) is 0 Å². The molecule has 0 aliphatic heterocycles. The Morgan fingerprint density at radius 1 is 1.25 bits per heavy atom. The number of nitrogens with one attached hydrogen (secondary N) is 2. The van der Waals surface area contributed by atoms with Crippen LogP contribution in [0.3, 0.4) is 0 Å². The summed E-state index contributed by atoms with van der Waals surface area (Å²) in [7, 11) is -3.56. The average molecular weight is 302 g/mol. The molecule has 0 radical (unpaired) electrons. The predicted molar refractivity (Wildman–Crippen MR) is 79.9 cm³/mol. The molecule has 0 aliphatic rings. The summed E-state index contributed by atoms with van der Waals surface area (Å²) in [5.41, 5.74) is 0. The van der Waals surface area contributed by atoms with E-state index in [0.29, 0.717) is 18.2 Å². The molecule has 0 saturated carbocycles. The first-order valence-corrected chi connectivity index (χ1v) is 8.65. The van der Waals surface area contributed by atoms with Crippen LogP contribution in [0.1, 0.15) is 46.3 Å². The van der Waals surface area contributed by atoms with Gasteiger partial charge in [-0.3, -0.25) is 0 Å². The van der Waals surface area contributed by atoms with E-state index in [1.54, 1.807) is 6.07 Å². The Bertz CT molecular complexity index is 494. The van der Waals surface area contributed by atoms with Crippen LogP contribution in [-0.4, -0.2) is 21.0 Å². The van der Waals surface area contributed by atoms with Gasteiger partial charge in [0.2, 0.25) is 5.09 Å². The van der Waals surface area contributed by atoms with Gasteiger partial charge in [0, 0.05) is 6.04 Å². The molecule has 1 aromatic rings. The second-order valence-corrected chi connectivity index (χ2v) is 7.19. The Morgan fingerprint density at radius 2 is 1.95 bits per heavy atom. The zero-order chi connectivity index (χ0) is 15.2. The Hall–Kier alpha value is -0.850. The van der Waals surface area contributed by atoms with Gasteiger partial charge in [0.05, 0.1) is 6.54 Å². The summed E-state index contributed by atoms with van der Waals surface area (Å²) in [4.78, 5) is 0. The first-order valence-electron chi connectivity index (χ1n) is 7.17. The normalized spacial score (nSPS) is 13.8. The monoisotopic (exact) mass is 302 g/mol. The molecule has 0 bridgehead atoms. The van der Waals surface area contributed by atoms with E-state index in [0.717, 1.165) is 19.4 Å². The van der Waals surface area contributed by atoms with Gasteiger partial charge in [-0.15, -0.1) is 0 Å². The van der Waals surface area contributed by atoms with Crippen molar-refractivity contribution in [3.63, 3.8) is 0 Å². The maximum atomic E-state index is 12.1. The molecule has 1 heterocycles. The van der Waals surface area contributed by atoms with Crippen molar-refractivity contribution in [2.45, 2.75) is 58.2 Å².